The molecule has 0 N–H and O–H groups in total. The molecule has 1 aliphatic rings. The molecule has 0 aliphatic carbocycles. The Morgan fingerprint density at radius 2 is 1.62 bits per heavy atom. The van der Waals surface area contributed by atoms with E-state index >= 15 is 0 Å². The van der Waals surface area contributed by atoms with Gasteiger partial charge in [0.1, 0.15) is 0 Å². The van der Waals surface area contributed by atoms with Crippen molar-refractivity contribution in [2.45, 2.75) is 113 Å². The summed E-state index contributed by atoms with van der Waals surface area (Å²) in [4.78, 5) is 0. The molecule has 1 heterocycles. The summed E-state index contributed by atoms with van der Waals surface area (Å²) in [6.45, 7) is 11.2. The zero-order valence-electron chi connectivity index (χ0n) is 21.4. The number of allylic oxidation sites excluding steroid dienone is 1. The molecule has 0 aromatic carbocycles. The van der Waals surface area contributed by atoms with Crippen LogP contribution in [-0.2, 0) is 4.74 Å². The molecular formula is C26H50OS4Sn. The quantitative estimate of drug-likeness (QED) is 0.0849. The molecule has 0 amide bonds. The van der Waals surface area contributed by atoms with E-state index in [-0.39, 0.29) is 0 Å². The third-order valence-electron chi connectivity index (χ3n) is 6.92. The average Bonchev–Trinajstić information content (AvgIpc) is 2.83. The van der Waals surface area contributed by atoms with Crippen LogP contribution in [0.3, 0.4) is 0 Å². The van der Waals surface area contributed by atoms with Gasteiger partial charge in [-0.1, -0.05) is 0 Å². The topological polar surface area (TPSA) is 9.23 Å². The molecule has 1 fully saturated rings. The fourth-order valence-electron chi connectivity index (χ4n) is 5.09. The van der Waals surface area contributed by atoms with E-state index in [0.717, 1.165) is 15.4 Å². The van der Waals surface area contributed by atoms with Crippen LogP contribution in [0.2, 0.25) is 13.3 Å². The first-order valence-corrected chi connectivity index (χ1v) is 24.6. The molecule has 2 unspecified atom stereocenters. The molecule has 0 radical (unpaired) electrons. The minimum atomic E-state index is -2.60. The SMILES string of the molecule is C=CCCC(CCC1SCCCS1)[CH](OC(=S)SC)[Sn]([CH2]CCC)([CH2]CCC)[CH2]CCC. The monoisotopic (exact) mass is 626 g/mol. The molecule has 0 aromatic rings. The van der Waals surface area contributed by atoms with Crippen molar-refractivity contribution in [2.24, 2.45) is 5.92 Å². The van der Waals surface area contributed by atoms with E-state index in [1.54, 1.807) is 11.8 Å². The van der Waals surface area contributed by atoms with Gasteiger partial charge in [0.25, 0.3) is 0 Å². The van der Waals surface area contributed by atoms with E-state index in [1.807, 2.05) is 0 Å². The van der Waals surface area contributed by atoms with Crippen LogP contribution in [0.1, 0.15) is 91.4 Å². The number of unbranched alkanes of at least 4 members (excludes halogenated alkanes) is 3. The zero-order valence-corrected chi connectivity index (χ0v) is 27.5. The van der Waals surface area contributed by atoms with Crippen molar-refractivity contribution in [3.63, 3.8) is 0 Å². The maximum atomic E-state index is 6.90. The molecule has 0 saturated carbocycles. The number of rotatable bonds is 18. The van der Waals surface area contributed by atoms with Crippen LogP contribution in [0.5, 0.6) is 0 Å². The molecule has 0 bridgehead atoms. The molecule has 188 valence electrons. The average molecular weight is 626 g/mol. The molecule has 6 heteroatoms. The van der Waals surface area contributed by atoms with E-state index in [2.05, 4.69) is 63.2 Å². The van der Waals surface area contributed by atoms with Crippen molar-refractivity contribution < 1.29 is 4.74 Å². The first kappa shape index (κ1) is 31.5. The molecule has 1 saturated heterocycles. The summed E-state index contributed by atoms with van der Waals surface area (Å²) in [6.07, 6.45) is 18.7. The number of hydrogen-bond acceptors (Lipinski definition) is 5. The van der Waals surface area contributed by atoms with E-state index < -0.39 is 18.4 Å². The van der Waals surface area contributed by atoms with Gasteiger partial charge in [-0.2, -0.15) is 0 Å². The number of thiocarbonyl (C=S) groups is 1. The van der Waals surface area contributed by atoms with Crippen molar-refractivity contribution in [1.82, 2.24) is 0 Å². The molecule has 1 nitrogen and oxygen atoms in total. The second-order valence-electron chi connectivity index (χ2n) is 9.39. The van der Waals surface area contributed by atoms with Crippen LogP contribution in [0.25, 0.3) is 0 Å². The fraction of sp³-hybridized carbons (Fsp3) is 0.885. The summed E-state index contributed by atoms with van der Waals surface area (Å²) >= 11 is 9.16. The Morgan fingerprint density at radius 3 is 2.09 bits per heavy atom. The Kier molecular flexibility index (Phi) is 19.3. The number of hydrogen-bond donors (Lipinski definition) is 0. The second kappa shape index (κ2) is 19.6. The van der Waals surface area contributed by atoms with E-state index in [0.29, 0.717) is 10.0 Å². The van der Waals surface area contributed by atoms with E-state index in [4.69, 9.17) is 17.0 Å². The first-order valence-electron chi connectivity index (χ1n) is 13.2. The van der Waals surface area contributed by atoms with Gasteiger partial charge >= 0.3 is 225 Å². The Balaban J connectivity index is 3.24. The number of thioether (sulfide) groups is 3. The summed E-state index contributed by atoms with van der Waals surface area (Å²) in [5, 5.41) is 0. The van der Waals surface area contributed by atoms with Crippen molar-refractivity contribution in [3.05, 3.63) is 12.7 Å². The normalized spacial score (nSPS) is 17.1. The summed E-state index contributed by atoms with van der Waals surface area (Å²) in [7, 11) is 0. The van der Waals surface area contributed by atoms with Crippen LogP contribution in [0, 0.1) is 5.92 Å². The van der Waals surface area contributed by atoms with Crippen molar-refractivity contribution in [3.8, 4) is 0 Å². The van der Waals surface area contributed by atoms with Gasteiger partial charge in [-0.3, -0.25) is 0 Å². The van der Waals surface area contributed by atoms with Crippen LogP contribution >= 0.6 is 47.5 Å². The molecule has 1 aliphatic heterocycles. The van der Waals surface area contributed by atoms with Gasteiger partial charge in [-0.05, 0) is 0 Å². The van der Waals surface area contributed by atoms with Crippen molar-refractivity contribution >= 4 is 70.3 Å². The van der Waals surface area contributed by atoms with Gasteiger partial charge < -0.3 is 0 Å². The van der Waals surface area contributed by atoms with E-state index in [1.165, 1.54) is 89.0 Å². The Bertz CT molecular complexity index is 474. The van der Waals surface area contributed by atoms with Gasteiger partial charge in [0.05, 0.1) is 0 Å². The number of ether oxygens (including phenoxy) is 1. The Hall–Kier alpha value is 1.48. The first-order chi connectivity index (χ1) is 15.6. The zero-order chi connectivity index (χ0) is 23.7. The molecule has 32 heavy (non-hydrogen) atoms. The van der Waals surface area contributed by atoms with Crippen LogP contribution < -0.4 is 0 Å². The summed E-state index contributed by atoms with van der Waals surface area (Å²) in [5.41, 5.74) is 0. The third kappa shape index (κ3) is 11.9. The van der Waals surface area contributed by atoms with Gasteiger partial charge in [-0.25, -0.2) is 0 Å². The fourth-order valence-corrected chi connectivity index (χ4v) is 27.3. The van der Waals surface area contributed by atoms with Crippen LogP contribution in [0.15, 0.2) is 12.7 Å². The minimum absolute atomic E-state index is 0.451. The standard InChI is InChI=1S/C14H23OS4.3C4H9.Sn/c1-3-4-6-12(11-15-14(16)17-2)7-8-13-18-9-5-10-19-13;3*1-3-4-2;/h3,11-13H,1,4-10H2,2H3;3*1,3-4H2,2H3;. The summed E-state index contributed by atoms with van der Waals surface area (Å²) in [5.74, 6) is 3.35. The molecule has 1 rings (SSSR count). The molecule has 2 atom stereocenters. The predicted molar refractivity (Wildman–Crippen MR) is 161 cm³/mol. The van der Waals surface area contributed by atoms with Gasteiger partial charge in [-0.15, -0.1) is 0 Å². The van der Waals surface area contributed by atoms with Crippen LogP contribution in [0.4, 0.5) is 0 Å². The summed E-state index contributed by atoms with van der Waals surface area (Å²) < 4.78 is 13.4. The van der Waals surface area contributed by atoms with Crippen LogP contribution in [-0.4, -0.2) is 49.2 Å². The Morgan fingerprint density at radius 1 is 1.06 bits per heavy atom. The third-order valence-corrected chi connectivity index (χ3v) is 27.7. The van der Waals surface area contributed by atoms with Gasteiger partial charge in [0.2, 0.25) is 0 Å². The maximum absolute atomic E-state index is 6.90. The molecule has 0 aromatic heterocycles. The van der Waals surface area contributed by atoms with Gasteiger partial charge in [0.15, 0.2) is 0 Å². The van der Waals surface area contributed by atoms with Crippen molar-refractivity contribution in [1.29, 1.82) is 0 Å². The van der Waals surface area contributed by atoms with E-state index in [9.17, 15) is 0 Å². The van der Waals surface area contributed by atoms with Gasteiger partial charge in [0, 0.05) is 0 Å². The van der Waals surface area contributed by atoms with Crippen molar-refractivity contribution in [2.75, 3.05) is 17.8 Å². The molecular weight excluding hydrogens is 575 g/mol. The second-order valence-corrected chi connectivity index (χ2v) is 27.4. The molecule has 0 spiro atoms. The predicted octanol–water partition coefficient (Wildman–Crippen LogP) is 9.97. The summed E-state index contributed by atoms with van der Waals surface area (Å²) in [6, 6.07) is 0. The Labute approximate surface area is 223 Å².